The number of aromatic nitrogens is 2. The maximum Gasteiger partial charge on any atom is 0.161 e. The maximum absolute atomic E-state index is 13.6. The highest BCUT2D eigenvalue weighted by Crippen LogP contribution is 2.28. The van der Waals surface area contributed by atoms with Gasteiger partial charge >= 0.3 is 0 Å². The van der Waals surface area contributed by atoms with Crippen LogP contribution in [0.1, 0.15) is 30.5 Å². The zero-order chi connectivity index (χ0) is 14.8. The first-order valence-electron chi connectivity index (χ1n) is 7.22. The number of anilines is 1. The summed E-state index contributed by atoms with van der Waals surface area (Å²) in [6.45, 7) is 0. The molecule has 0 atom stereocenters. The van der Waals surface area contributed by atoms with E-state index in [4.69, 9.17) is 11.6 Å². The summed E-state index contributed by atoms with van der Waals surface area (Å²) < 4.78 is 13.6. The molecule has 1 aliphatic rings. The number of nitrogens with one attached hydrogen (secondary N) is 1. The number of aryl methyl sites for hydroxylation is 1. The number of fused-ring (bicyclic) bond motifs is 1. The smallest absolute Gasteiger partial charge is 0.161 e. The number of hydrogen-bond acceptors (Lipinski definition) is 3. The molecule has 0 aliphatic heterocycles. The minimum atomic E-state index is -0.446. The first-order valence-corrected chi connectivity index (χ1v) is 7.60. The second-order valence-corrected chi connectivity index (χ2v) is 5.67. The van der Waals surface area contributed by atoms with Crippen LogP contribution in [0.2, 0.25) is 5.02 Å². The zero-order valence-electron chi connectivity index (χ0n) is 11.9. The van der Waals surface area contributed by atoms with E-state index in [1.165, 1.54) is 24.5 Å². The van der Waals surface area contributed by atoms with Gasteiger partial charge in [-0.15, -0.1) is 0 Å². The van der Waals surface area contributed by atoms with Crippen molar-refractivity contribution in [2.24, 2.45) is 0 Å². The van der Waals surface area contributed by atoms with Gasteiger partial charge in [0.05, 0.1) is 5.02 Å². The van der Waals surface area contributed by atoms with Gasteiger partial charge in [0, 0.05) is 23.9 Å². The predicted octanol–water partition coefficient (Wildman–Crippen LogP) is 4.25. The largest absolute Gasteiger partial charge is 0.373 e. The molecule has 0 bridgehead atoms. The molecule has 0 spiro atoms. The second-order valence-electron chi connectivity index (χ2n) is 5.26. The molecule has 1 heterocycles. The van der Waals surface area contributed by atoms with Crippen molar-refractivity contribution in [3.8, 4) is 11.4 Å². The molecule has 0 unspecified atom stereocenters. The molecular weight excluding hydrogens is 289 g/mol. The van der Waals surface area contributed by atoms with E-state index in [-0.39, 0.29) is 5.02 Å². The van der Waals surface area contributed by atoms with Crippen LogP contribution in [0.25, 0.3) is 11.4 Å². The fourth-order valence-electron chi connectivity index (χ4n) is 2.74. The van der Waals surface area contributed by atoms with Crippen LogP contribution in [-0.2, 0) is 12.8 Å². The van der Waals surface area contributed by atoms with Gasteiger partial charge in [-0.1, -0.05) is 18.0 Å². The van der Waals surface area contributed by atoms with E-state index < -0.39 is 5.82 Å². The topological polar surface area (TPSA) is 37.8 Å². The van der Waals surface area contributed by atoms with E-state index in [2.05, 4.69) is 15.3 Å². The molecule has 1 aromatic carbocycles. The third kappa shape index (κ3) is 2.86. The van der Waals surface area contributed by atoms with E-state index in [1.807, 2.05) is 7.05 Å². The Morgan fingerprint density at radius 1 is 1.14 bits per heavy atom. The maximum atomic E-state index is 13.6. The van der Waals surface area contributed by atoms with Crippen LogP contribution in [0.4, 0.5) is 10.2 Å². The molecule has 110 valence electrons. The Morgan fingerprint density at radius 3 is 2.71 bits per heavy atom. The SMILES string of the molecule is CNc1nc(-c2ccc(Cl)c(F)c2)nc2c1CCCCC2. The quantitative estimate of drug-likeness (QED) is 0.843. The lowest BCUT2D eigenvalue weighted by atomic mass is 10.1. The third-order valence-corrected chi connectivity index (χ3v) is 4.15. The van der Waals surface area contributed by atoms with E-state index >= 15 is 0 Å². The van der Waals surface area contributed by atoms with E-state index in [1.54, 1.807) is 12.1 Å². The van der Waals surface area contributed by atoms with Crippen LogP contribution in [0.15, 0.2) is 18.2 Å². The van der Waals surface area contributed by atoms with Crippen molar-refractivity contribution in [2.45, 2.75) is 32.1 Å². The zero-order valence-corrected chi connectivity index (χ0v) is 12.7. The number of halogens is 2. The molecule has 1 N–H and O–H groups in total. The van der Waals surface area contributed by atoms with Gasteiger partial charge in [0.15, 0.2) is 5.82 Å². The number of benzene rings is 1. The average molecular weight is 306 g/mol. The summed E-state index contributed by atoms with van der Waals surface area (Å²) in [7, 11) is 1.86. The molecule has 1 aromatic heterocycles. The van der Waals surface area contributed by atoms with Crippen molar-refractivity contribution in [3.05, 3.63) is 40.3 Å². The summed E-state index contributed by atoms with van der Waals surface area (Å²) in [4.78, 5) is 9.22. The minimum Gasteiger partial charge on any atom is -0.373 e. The lowest BCUT2D eigenvalue weighted by Gasteiger charge is -2.13. The Morgan fingerprint density at radius 2 is 1.95 bits per heavy atom. The summed E-state index contributed by atoms with van der Waals surface area (Å²) in [6, 6.07) is 4.68. The number of rotatable bonds is 2. The van der Waals surface area contributed by atoms with Crippen molar-refractivity contribution in [2.75, 3.05) is 12.4 Å². The van der Waals surface area contributed by atoms with Gasteiger partial charge in [-0.2, -0.15) is 0 Å². The van der Waals surface area contributed by atoms with Gasteiger partial charge in [-0.3, -0.25) is 0 Å². The number of hydrogen-bond donors (Lipinski definition) is 1. The van der Waals surface area contributed by atoms with Gasteiger partial charge in [0.25, 0.3) is 0 Å². The Kier molecular flexibility index (Phi) is 4.06. The third-order valence-electron chi connectivity index (χ3n) is 3.85. The molecule has 0 saturated carbocycles. The van der Waals surface area contributed by atoms with E-state index in [0.29, 0.717) is 11.4 Å². The summed E-state index contributed by atoms with van der Waals surface area (Å²) in [5.74, 6) is 0.960. The normalized spacial score (nSPS) is 14.4. The van der Waals surface area contributed by atoms with Crippen LogP contribution in [0.3, 0.4) is 0 Å². The molecule has 0 radical (unpaired) electrons. The van der Waals surface area contributed by atoms with E-state index in [9.17, 15) is 4.39 Å². The van der Waals surface area contributed by atoms with Gasteiger partial charge in [0.1, 0.15) is 11.6 Å². The van der Waals surface area contributed by atoms with Crippen molar-refractivity contribution in [1.82, 2.24) is 9.97 Å². The van der Waals surface area contributed by atoms with Gasteiger partial charge in [-0.05, 0) is 43.9 Å². The summed E-state index contributed by atoms with van der Waals surface area (Å²) >= 11 is 5.74. The van der Waals surface area contributed by atoms with Gasteiger partial charge in [-0.25, -0.2) is 14.4 Å². The molecule has 3 rings (SSSR count). The number of nitrogens with zero attached hydrogens (tertiary/aromatic N) is 2. The molecule has 0 fully saturated rings. The van der Waals surface area contributed by atoms with Crippen LogP contribution >= 0.6 is 11.6 Å². The second kappa shape index (κ2) is 5.98. The molecule has 3 nitrogen and oxygen atoms in total. The summed E-state index contributed by atoms with van der Waals surface area (Å²) in [6.07, 6.45) is 5.47. The van der Waals surface area contributed by atoms with Crippen molar-refractivity contribution in [3.63, 3.8) is 0 Å². The van der Waals surface area contributed by atoms with E-state index in [0.717, 1.165) is 30.8 Å². The predicted molar refractivity (Wildman–Crippen MR) is 83.2 cm³/mol. The van der Waals surface area contributed by atoms with Gasteiger partial charge in [0.2, 0.25) is 0 Å². The Hall–Kier alpha value is -1.68. The highest BCUT2D eigenvalue weighted by molar-refractivity contribution is 6.30. The molecule has 21 heavy (non-hydrogen) atoms. The standard InChI is InChI=1S/C16H17ClFN3/c1-19-16-11-5-3-2-4-6-14(11)20-15(21-16)10-7-8-12(17)13(18)9-10/h7-9H,2-6H2,1H3,(H,19,20,21). The average Bonchev–Trinajstić information content (AvgIpc) is 2.74. The lowest BCUT2D eigenvalue weighted by molar-refractivity contribution is 0.628. The highest BCUT2D eigenvalue weighted by Gasteiger charge is 2.17. The van der Waals surface area contributed by atoms with Crippen LogP contribution in [-0.4, -0.2) is 17.0 Å². The van der Waals surface area contributed by atoms with Crippen LogP contribution < -0.4 is 5.32 Å². The molecule has 0 saturated heterocycles. The molecule has 5 heteroatoms. The van der Waals surface area contributed by atoms with Gasteiger partial charge < -0.3 is 5.32 Å². The monoisotopic (exact) mass is 305 g/mol. The Balaban J connectivity index is 2.10. The fraction of sp³-hybridized carbons (Fsp3) is 0.375. The molecule has 1 aliphatic carbocycles. The highest BCUT2D eigenvalue weighted by atomic mass is 35.5. The Bertz CT molecular complexity index is 673. The first-order chi connectivity index (χ1) is 10.2. The summed E-state index contributed by atoms with van der Waals surface area (Å²) in [5, 5.41) is 3.26. The minimum absolute atomic E-state index is 0.113. The molecule has 2 aromatic rings. The van der Waals surface area contributed by atoms with Crippen molar-refractivity contribution in [1.29, 1.82) is 0 Å². The van der Waals surface area contributed by atoms with Crippen LogP contribution in [0, 0.1) is 5.82 Å². The van der Waals surface area contributed by atoms with Crippen molar-refractivity contribution >= 4 is 17.4 Å². The van der Waals surface area contributed by atoms with Crippen molar-refractivity contribution < 1.29 is 4.39 Å². The lowest BCUT2D eigenvalue weighted by Crippen LogP contribution is -2.07. The fourth-order valence-corrected chi connectivity index (χ4v) is 2.86. The Labute approximate surface area is 128 Å². The molecular formula is C16H17ClFN3. The molecule has 0 amide bonds. The van der Waals surface area contributed by atoms with Crippen LogP contribution in [0.5, 0.6) is 0 Å². The summed E-state index contributed by atoms with van der Waals surface area (Å²) in [5.41, 5.74) is 2.94. The first kappa shape index (κ1) is 14.3.